The van der Waals surface area contributed by atoms with Crippen molar-refractivity contribution < 1.29 is 9.90 Å². The lowest BCUT2D eigenvalue weighted by molar-refractivity contribution is -0.137. The number of carboxylic acid groups (broad SMARTS) is 1. The van der Waals surface area contributed by atoms with Gasteiger partial charge in [0.2, 0.25) is 0 Å². The first-order valence-corrected chi connectivity index (χ1v) is 5.83. The van der Waals surface area contributed by atoms with E-state index < -0.39 is 5.97 Å². The molecule has 2 aromatic rings. The summed E-state index contributed by atoms with van der Waals surface area (Å²) in [5, 5.41) is 16.7. The molecular formula is C9H10N4O3S. The molecule has 0 bridgehead atoms. The standard InChI is InChI=1S/C9H10N4O3S/c14-7(15)3-1-2-6-4-17-9(11-6)13-5-10-12-8(13)16/h4-5H,1-3H2,(H,12,16)(H,14,15). The zero-order valence-electron chi connectivity index (χ0n) is 8.79. The number of carbonyl (C=O) groups is 1. The van der Waals surface area contributed by atoms with Crippen molar-refractivity contribution in [2.45, 2.75) is 19.3 Å². The van der Waals surface area contributed by atoms with Crippen LogP contribution < -0.4 is 5.69 Å². The molecule has 2 rings (SSSR count). The van der Waals surface area contributed by atoms with Crippen molar-refractivity contribution in [3.05, 3.63) is 27.9 Å². The molecule has 0 saturated carbocycles. The Morgan fingerprint density at radius 1 is 1.59 bits per heavy atom. The largest absolute Gasteiger partial charge is 0.481 e. The van der Waals surface area contributed by atoms with Gasteiger partial charge in [-0.1, -0.05) is 0 Å². The van der Waals surface area contributed by atoms with Gasteiger partial charge < -0.3 is 5.11 Å². The number of hydrogen-bond acceptors (Lipinski definition) is 5. The third kappa shape index (κ3) is 2.78. The van der Waals surface area contributed by atoms with Crippen LogP contribution in [0.4, 0.5) is 0 Å². The van der Waals surface area contributed by atoms with Crippen LogP contribution in [0.2, 0.25) is 0 Å². The van der Waals surface area contributed by atoms with Gasteiger partial charge in [0.25, 0.3) is 0 Å². The number of aliphatic carboxylic acids is 1. The van der Waals surface area contributed by atoms with Crippen LogP contribution in [0.1, 0.15) is 18.5 Å². The molecule has 7 nitrogen and oxygen atoms in total. The number of aromatic amines is 1. The normalized spacial score (nSPS) is 10.6. The van der Waals surface area contributed by atoms with Crippen molar-refractivity contribution >= 4 is 17.3 Å². The van der Waals surface area contributed by atoms with Crippen molar-refractivity contribution in [1.29, 1.82) is 0 Å². The molecular weight excluding hydrogens is 244 g/mol. The highest BCUT2D eigenvalue weighted by atomic mass is 32.1. The van der Waals surface area contributed by atoms with Gasteiger partial charge in [-0.05, 0) is 12.8 Å². The molecule has 0 unspecified atom stereocenters. The van der Waals surface area contributed by atoms with E-state index in [-0.39, 0.29) is 12.1 Å². The van der Waals surface area contributed by atoms with Gasteiger partial charge in [0.1, 0.15) is 6.33 Å². The SMILES string of the molecule is O=C(O)CCCc1csc(-n2cn[nH]c2=O)n1. The van der Waals surface area contributed by atoms with Crippen LogP contribution in [-0.4, -0.2) is 30.8 Å². The van der Waals surface area contributed by atoms with E-state index in [1.807, 2.05) is 5.38 Å². The molecule has 17 heavy (non-hydrogen) atoms. The van der Waals surface area contributed by atoms with E-state index in [0.29, 0.717) is 18.0 Å². The molecule has 0 saturated heterocycles. The van der Waals surface area contributed by atoms with Gasteiger partial charge in [0, 0.05) is 11.8 Å². The monoisotopic (exact) mass is 254 g/mol. The van der Waals surface area contributed by atoms with Gasteiger partial charge in [-0.25, -0.2) is 19.4 Å². The van der Waals surface area contributed by atoms with Crippen LogP contribution in [0, 0.1) is 0 Å². The number of aryl methyl sites for hydroxylation is 1. The number of aromatic nitrogens is 4. The maximum absolute atomic E-state index is 11.3. The second-order valence-corrected chi connectivity index (χ2v) is 4.24. The second kappa shape index (κ2) is 4.91. The van der Waals surface area contributed by atoms with Crippen LogP contribution in [0.25, 0.3) is 5.13 Å². The van der Waals surface area contributed by atoms with Crippen LogP contribution in [0.3, 0.4) is 0 Å². The Balaban J connectivity index is 2.04. The number of thiazole rings is 1. The maximum Gasteiger partial charge on any atom is 0.349 e. The molecule has 0 aliphatic heterocycles. The van der Waals surface area contributed by atoms with E-state index in [1.165, 1.54) is 22.2 Å². The molecule has 0 spiro atoms. The van der Waals surface area contributed by atoms with Gasteiger partial charge >= 0.3 is 11.7 Å². The van der Waals surface area contributed by atoms with Crippen molar-refractivity contribution in [1.82, 2.24) is 19.7 Å². The molecule has 0 amide bonds. The minimum absolute atomic E-state index is 0.124. The minimum atomic E-state index is -0.813. The van der Waals surface area contributed by atoms with E-state index in [4.69, 9.17) is 5.11 Å². The molecule has 2 heterocycles. The first kappa shape index (κ1) is 11.5. The van der Waals surface area contributed by atoms with Gasteiger partial charge in [-0.3, -0.25) is 4.79 Å². The summed E-state index contributed by atoms with van der Waals surface area (Å²) in [4.78, 5) is 25.9. The average molecular weight is 254 g/mol. The summed E-state index contributed by atoms with van der Waals surface area (Å²) in [6.45, 7) is 0. The lowest BCUT2D eigenvalue weighted by Crippen LogP contribution is -2.13. The Morgan fingerprint density at radius 2 is 2.41 bits per heavy atom. The van der Waals surface area contributed by atoms with Crippen LogP contribution >= 0.6 is 11.3 Å². The fourth-order valence-electron chi connectivity index (χ4n) is 1.33. The summed E-state index contributed by atoms with van der Waals surface area (Å²) in [5.74, 6) is -0.813. The summed E-state index contributed by atoms with van der Waals surface area (Å²) in [5.41, 5.74) is 0.454. The maximum atomic E-state index is 11.3. The third-order valence-corrected chi connectivity index (χ3v) is 3.01. The first-order chi connectivity index (χ1) is 8.16. The van der Waals surface area contributed by atoms with Crippen molar-refractivity contribution in [3.8, 4) is 5.13 Å². The molecule has 0 atom stereocenters. The number of H-pyrrole nitrogens is 1. The Hall–Kier alpha value is -1.96. The second-order valence-electron chi connectivity index (χ2n) is 3.40. The van der Waals surface area contributed by atoms with Gasteiger partial charge in [0.05, 0.1) is 5.69 Å². The highest BCUT2D eigenvalue weighted by Gasteiger charge is 2.07. The van der Waals surface area contributed by atoms with Gasteiger partial charge in [-0.2, -0.15) is 5.10 Å². The molecule has 0 aromatic carbocycles. The topological polar surface area (TPSA) is 101 Å². The number of nitrogens with one attached hydrogen (secondary N) is 1. The Labute approximate surface area is 99.8 Å². The lowest BCUT2D eigenvalue weighted by atomic mass is 10.2. The lowest BCUT2D eigenvalue weighted by Gasteiger charge is -1.94. The fraction of sp³-hybridized carbons (Fsp3) is 0.333. The molecule has 90 valence electrons. The molecule has 0 aliphatic rings. The Kier molecular flexibility index (Phi) is 3.33. The van der Waals surface area contributed by atoms with Gasteiger partial charge in [0.15, 0.2) is 5.13 Å². The minimum Gasteiger partial charge on any atom is -0.481 e. The van der Waals surface area contributed by atoms with E-state index in [2.05, 4.69) is 15.2 Å². The van der Waals surface area contributed by atoms with Crippen LogP contribution in [-0.2, 0) is 11.2 Å². The van der Waals surface area contributed by atoms with Crippen LogP contribution in [0.15, 0.2) is 16.5 Å². The summed E-state index contributed by atoms with van der Waals surface area (Å²) in [6.07, 6.45) is 2.62. The van der Waals surface area contributed by atoms with Crippen molar-refractivity contribution in [3.63, 3.8) is 0 Å². The number of nitrogens with zero attached hydrogens (tertiary/aromatic N) is 3. The highest BCUT2D eigenvalue weighted by Crippen LogP contribution is 2.14. The molecule has 0 fully saturated rings. The summed E-state index contributed by atoms with van der Waals surface area (Å²) in [6, 6.07) is 0. The summed E-state index contributed by atoms with van der Waals surface area (Å²) in [7, 11) is 0. The first-order valence-electron chi connectivity index (χ1n) is 4.95. The van der Waals surface area contributed by atoms with E-state index in [9.17, 15) is 9.59 Å². The van der Waals surface area contributed by atoms with Crippen LogP contribution in [0.5, 0.6) is 0 Å². The predicted octanol–water partition coefficient (Wildman–Crippen LogP) is 0.424. The predicted molar refractivity (Wildman–Crippen MR) is 60.4 cm³/mol. The van der Waals surface area contributed by atoms with E-state index >= 15 is 0 Å². The summed E-state index contributed by atoms with van der Waals surface area (Å²) < 4.78 is 1.31. The van der Waals surface area contributed by atoms with E-state index in [1.54, 1.807) is 0 Å². The quantitative estimate of drug-likeness (QED) is 0.805. The Morgan fingerprint density at radius 3 is 3.06 bits per heavy atom. The number of carboxylic acids is 1. The summed E-state index contributed by atoms with van der Waals surface area (Å²) >= 11 is 1.32. The fourth-order valence-corrected chi connectivity index (χ4v) is 2.15. The zero-order valence-corrected chi connectivity index (χ0v) is 9.61. The number of hydrogen-bond donors (Lipinski definition) is 2. The third-order valence-electron chi connectivity index (χ3n) is 2.12. The zero-order chi connectivity index (χ0) is 12.3. The van der Waals surface area contributed by atoms with Crippen molar-refractivity contribution in [2.24, 2.45) is 0 Å². The van der Waals surface area contributed by atoms with E-state index in [0.717, 1.165) is 5.69 Å². The Bertz CT molecular complexity index is 571. The number of rotatable bonds is 5. The molecule has 2 aromatic heterocycles. The molecule has 0 aliphatic carbocycles. The molecule has 2 N–H and O–H groups in total. The highest BCUT2D eigenvalue weighted by molar-refractivity contribution is 7.12. The average Bonchev–Trinajstić information content (AvgIpc) is 2.86. The molecule has 0 radical (unpaired) electrons. The molecule has 8 heteroatoms. The smallest absolute Gasteiger partial charge is 0.349 e. The van der Waals surface area contributed by atoms with Gasteiger partial charge in [-0.15, -0.1) is 11.3 Å². The van der Waals surface area contributed by atoms with Crippen molar-refractivity contribution in [2.75, 3.05) is 0 Å².